The normalized spacial score (nSPS) is 10.9. The summed E-state index contributed by atoms with van der Waals surface area (Å²) < 4.78 is 1.77. The summed E-state index contributed by atoms with van der Waals surface area (Å²) >= 11 is 0. The van der Waals surface area contributed by atoms with Crippen LogP contribution in [0.15, 0.2) is 36.8 Å². The molecule has 0 aliphatic heterocycles. The van der Waals surface area contributed by atoms with Crippen molar-refractivity contribution in [1.29, 1.82) is 0 Å². The third kappa shape index (κ3) is 2.11. The van der Waals surface area contributed by atoms with Crippen LogP contribution in [0.2, 0.25) is 0 Å². The fourth-order valence-electron chi connectivity index (χ4n) is 2.37. The van der Waals surface area contributed by atoms with E-state index in [1.807, 2.05) is 20.3 Å². The predicted octanol–water partition coefficient (Wildman–Crippen LogP) is 2.31. The number of aryl methyl sites for hydroxylation is 2. The zero-order chi connectivity index (χ0) is 14.1. The molecular weight excluding hydrogens is 250 g/mol. The Hall–Kier alpha value is -2.43. The quantitative estimate of drug-likeness (QED) is 0.730. The second kappa shape index (κ2) is 4.92. The van der Waals surface area contributed by atoms with Crippen LogP contribution in [0.5, 0.6) is 0 Å². The highest BCUT2D eigenvalue weighted by molar-refractivity contribution is 5.86. The van der Waals surface area contributed by atoms with Crippen LogP contribution in [-0.2, 0) is 13.6 Å². The van der Waals surface area contributed by atoms with Gasteiger partial charge in [0.1, 0.15) is 12.1 Å². The Bertz CT molecular complexity index is 747. The Morgan fingerprint density at radius 1 is 1.20 bits per heavy atom. The molecule has 2 aromatic heterocycles. The van der Waals surface area contributed by atoms with Gasteiger partial charge in [-0.25, -0.2) is 9.97 Å². The first kappa shape index (κ1) is 12.6. The van der Waals surface area contributed by atoms with Gasteiger partial charge in [-0.1, -0.05) is 24.3 Å². The summed E-state index contributed by atoms with van der Waals surface area (Å²) in [7, 11) is 3.93. The van der Waals surface area contributed by atoms with E-state index in [4.69, 9.17) is 0 Å². The van der Waals surface area contributed by atoms with Crippen molar-refractivity contribution in [1.82, 2.24) is 19.7 Å². The van der Waals surface area contributed by atoms with Crippen molar-refractivity contribution < 1.29 is 0 Å². The number of benzene rings is 1. The molecule has 0 radical (unpaired) electrons. The molecule has 20 heavy (non-hydrogen) atoms. The average molecular weight is 267 g/mol. The topological polar surface area (TPSA) is 46.8 Å². The van der Waals surface area contributed by atoms with E-state index in [0.29, 0.717) is 0 Å². The molecular formula is C15H17N5. The van der Waals surface area contributed by atoms with Crippen LogP contribution >= 0.6 is 0 Å². The van der Waals surface area contributed by atoms with Crippen LogP contribution in [0.3, 0.4) is 0 Å². The van der Waals surface area contributed by atoms with Gasteiger partial charge in [0.25, 0.3) is 0 Å². The number of anilines is 1. The second-order valence-corrected chi connectivity index (χ2v) is 4.99. The summed E-state index contributed by atoms with van der Waals surface area (Å²) in [5.41, 5.74) is 3.44. The van der Waals surface area contributed by atoms with Gasteiger partial charge in [-0.3, -0.25) is 4.68 Å². The number of rotatable bonds is 3. The molecule has 1 aromatic carbocycles. The average Bonchev–Trinajstić information content (AvgIpc) is 2.83. The predicted molar refractivity (Wildman–Crippen MR) is 79.6 cm³/mol. The molecule has 0 unspecified atom stereocenters. The molecule has 0 saturated carbocycles. The zero-order valence-electron chi connectivity index (χ0n) is 11.9. The molecule has 0 aliphatic carbocycles. The second-order valence-electron chi connectivity index (χ2n) is 4.99. The summed E-state index contributed by atoms with van der Waals surface area (Å²) in [6, 6.07) is 8.40. The molecule has 0 bridgehead atoms. The van der Waals surface area contributed by atoms with Crippen molar-refractivity contribution in [2.45, 2.75) is 13.5 Å². The van der Waals surface area contributed by atoms with Gasteiger partial charge in [0, 0.05) is 20.6 Å². The third-order valence-corrected chi connectivity index (χ3v) is 3.54. The first-order chi connectivity index (χ1) is 9.66. The van der Waals surface area contributed by atoms with Crippen molar-refractivity contribution >= 4 is 16.9 Å². The molecule has 5 nitrogen and oxygen atoms in total. The molecule has 3 rings (SSSR count). The molecule has 0 saturated heterocycles. The molecule has 0 fully saturated rings. The van der Waals surface area contributed by atoms with E-state index in [1.165, 1.54) is 11.1 Å². The van der Waals surface area contributed by atoms with E-state index < -0.39 is 0 Å². The highest BCUT2D eigenvalue weighted by Gasteiger charge is 2.12. The first-order valence-electron chi connectivity index (χ1n) is 6.55. The van der Waals surface area contributed by atoms with Crippen molar-refractivity contribution in [3.8, 4) is 0 Å². The van der Waals surface area contributed by atoms with Gasteiger partial charge in [0.05, 0.1) is 11.6 Å². The lowest BCUT2D eigenvalue weighted by Crippen LogP contribution is -2.18. The van der Waals surface area contributed by atoms with Gasteiger partial charge in [-0.15, -0.1) is 0 Å². The lowest BCUT2D eigenvalue weighted by molar-refractivity contribution is 0.785. The maximum Gasteiger partial charge on any atom is 0.163 e. The molecule has 0 amide bonds. The number of hydrogen-bond donors (Lipinski definition) is 0. The van der Waals surface area contributed by atoms with Crippen molar-refractivity contribution in [2.75, 3.05) is 11.9 Å². The minimum Gasteiger partial charge on any atom is -0.355 e. The highest BCUT2D eigenvalue weighted by Crippen LogP contribution is 2.23. The van der Waals surface area contributed by atoms with E-state index in [9.17, 15) is 0 Å². The van der Waals surface area contributed by atoms with E-state index in [1.54, 1.807) is 11.0 Å². The van der Waals surface area contributed by atoms with Crippen molar-refractivity contribution in [3.63, 3.8) is 0 Å². The summed E-state index contributed by atoms with van der Waals surface area (Å²) in [6.45, 7) is 2.94. The Morgan fingerprint density at radius 3 is 2.80 bits per heavy atom. The van der Waals surface area contributed by atoms with Gasteiger partial charge in [0.2, 0.25) is 0 Å². The summed E-state index contributed by atoms with van der Waals surface area (Å²) in [6.07, 6.45) is 3.41. The van der Waals surface area contributed by atoms with Crippen LogP contribution in [-0.4, -0.2) is 26.8 Å². The number of nitrogens with zero attached hydrogens (tertiary/aromatic N) is 5. The third-order valence-electron chi connectivity index (χ3n) is 3.54. The summed E-state index contributed by atoms with van der Waals surface area (Å²) in [5.74, 6) is 0.909. The van der Waals surface area contributed by atoms with Crippen LogP contribution in [0.25, 0.3) is 11.0 Å². The molecule has 2 heterocycles. The number of fused-ring (bicyclic) bond motifs is 1. The Balaban J connectivity index is 1.97. The molecule has 0 aliphatic rings. The van der Waals surface area contributed by atoms with Crippen LogP contribution in [0.4, 0.5) is 5.82 Å². The summed E-state index contributed by atoms with van der Waals surface area (Å²) in [5, 5.41) is 5.23. The SMILES string of the molecule is Cc1ccccc1CN(C)c1ncnc2c1cnn2C. The molecule has 0 atom stereocenters. The largest absolute Gasteiger partial charge is 0.355 e. The van der Waals surface area contributed by atoms with Crippen molar-refractivity contribution in [2.24, 2.45) is 7.05 Å². The van der Waals surface area contributed by atoms with Crippen LogP contribution in [0, 0.1) is 6.92 Å². The Kier molecular flexibility index (Phi) is 3.10. The molecule has 0 N–H and O–H groups in total. The minimum atomic E-state index is 0.813. The molecule has 0 spiro atoms. The van der Waals surface area contributed by atoms with E-state index in [0.717, 1.165) is 23.4 Å². The zero-order valence-corrected chi connectivity index (χ0v) is 11.9. The first-order valence-corrected chi connectivity index (χ1v) is 6.55. The standard InChI is InChI=1S/C15H17N5/c1-11-6-4-5-7-12(11)9-19(2)14-13-8-18-20(3)15(13)17-10-16-14/h4-8,10H,9H2,1-3H3. The van der Waals surface area contributed by atoms with Crippen molar-refractivity contribution in [3.05, 3.63) is 47.9 Å². The lowest BCUT2D eigenvalue weighted by Gasteiger charge is -2.19. The number of aromatic nitrogens is 4. The fraction of sp³-hybridized carbons (Fsp3) is 0.267. The van der Waals surface area contributed by atoms with Gasteiger partial charge < -0.3 is 4.90 Å². The van der Waals surface area contributed by atoms with E-state index >= 15 is 0 Å². The molecule has 3 aromatic rings. The van der Waals surface area contributed by atoms with Gasteiger partial charge >= 0.3 is 0 Å². The molecule has 5 heteroatoms. The minimum absolute atomic E-state index is 0.813. The summed E-state index contributed by atoms with van der Waals surface area (Å²) in [4.78, 5) is 10.8. The van der Waals surface area contributed by atoms with Gasteiger partial charge in [-0.05, 0) is 18.1 Å². The highest BCUT2D eigenvalue weighted by atomic mass is 15.3. The van der Waals surface area contributed by atoms with Crippen LogP contribution < -0.4 is 4.90 Å². The maximum atomic E-state index is 4.41. The Labute approximate surface area is 117 Å². The van der Waals surface area contributed by atoms with E-state index in [2.05, 4.69) is 51.2 Å². The Morgan fingerprint density at radius 2 is 2.00 bits per heavy atom. The van der Waals surface area contributed by atoms with E-state index in [-0.39, 0.29) is 0 Å². The van der Waals surface area contributed by atoms with Crippen LogP contribution in [0.1, 0.15) is 11.1 Å². The number of hydrogen-bond acceptors (Lipinski definition) is 4. The fourth-order valence-corrected chi connectivity index (χ4v) is 2.37. The maximum absolute atomic E-state index is 4.41. The van der Waals surface area contributed by atoms with Gasteiger partial charge in [0.15, 0.2) is 5.65 Å². The monoisotopic (exact) mass is 267 g/mol. The van der Waals surface area contributed by atoms with Gasteiger partial charge in [-0.2, -0.15) is 5.10 Å². The molecule has 102 valence electrons. The lowest BCUT2D eigenvalue weighted by atomic mass is 10.1. The smallest absolute Gasteiger partial charge is 0.163 e.